The van der Waals surface area contributed by atoms with E-state index in [4.69, 9.17) is 23.2 Å². The van der Waals surface area contributed by atoms with Gasteiger partial charge in [-0.2, -0.15) is 0 Å². The molecule has 2 unspecified atom stereocenters. The van der Waals surface area contributed by atoms with Gasteiger partial charge in [-0.15, -0.1) is 0 Å². The number of nitrogens with zero attached hydrogens (tertiary/aromatic N) is 1. The van der Waals surface area contributed by atoms with Crippen LogP contribution in [0, 0.1) is 5.92 Å². The van der Waals surface area contributed by atoms with E-state index >= 15 is 0 Å². The predicted octanol–water partition coefficient (Wildman–Crippen LogP) is 5.50. The van der Waals surface area contributed by atoms with Gasteiger partial charge in [0.1, 0.15) is 0 Å². The van der Waals surface area contributed by atoms with Gasteiger partial charge in [-0.1, -0.05) is 49.2 Å². The molecule has 0 aromatic heterocycles. The molecule has 4 nitrogen and oxygen atoms in total. The van der Waals surface area contributed by atoms with Crippen LogP contribution in [0.1, 0.15) is 38.2 Å². The van der Waals surface area contributed by atoms with Gasteiger partial charge in [-0.3, -0.25) is 9.59 Å². The second kappa shape index (κ2) is 8.32. The fourth-order valence-electron chi connectivity index (χ4n) is 3.17. The number of nitrogens with one attached hydrogen (secondary N) is 1. The van der Waals surface area contributed by atoms with Crippen molar-refractivity contribution in [1.82, 2.24) is 0 Å². The molecule has 2 aromatic rings. The van der Waals surface area contributed by atoms with Crippen LogP contribution in [0.15, 0.2) is 42.5 Å². The van der Waals surface area contributed by atoms with Gasteiger partial charge in [0, 0.05) is 24.3 Å². The zero-order valence-electron chi connectivity index (χ0n) is 15.3. The molecule has 0 aliphatic carbocycles. The number of amides is 2. The standard InChI is InChI=1S/C21H22Cl2N2O2/c1-3-13(2)14-4-7-17(8-5-14)25-12-15(10-20(25)26)21(27)24-16-6-9-18(22)19(23)11-16/h4-9,11,13,15H,3,10,12H2,1-2H3,(H,24,27). The van der Waals surface area contributed by atoms with Crippen LogP contribution < -0.4 is 10.2 Å². The van der Waals surface area contributed by atoms with E-state index in [-0.39, 0.29) is 18.2 Å². The summed E-state index contributed by atoms with van der Waals surface area (Å²) in [6.45, 7) is 4.70. The minimum absolute atomic E-state index is 0.0411. The molecule has 1 heterocycles. The summed E-state index contributed by atoms with van der Waals surface area (Å²) in [4.78, 5) is 26.7. The highest BCUT2D eigenvalue weighted by molar-refractivity contribution is 6.42. The van der Waals surface area contributed by atoms with E-state index in [9.17, 15) is 9.59 Å². The van der Waals surface area contributed by atoms with Crippen LogP contribution in [0.5, 0.6) is 0 Å². The minimum Gasteiger partial charge on any atom is -0.326 e. The molecule has 0 saturated carbocycles. The fourth-order valence-corrected chi connectivity index (χ4v) is 3.47. The Labute approximate surface area is 169 Å². The molecule has 1 saturated heterocycles. The van der Waals surface area contributed by atoms with Gasteiger partial charge in [0.2, 0.25) is 11.8 Å². The first-order valence-electron chi connectivity index (χ1n) is 9.05. The number of hydrogen-bond donors (Lipinski definition) is 1. The summed E-state index contributed by atoms with van der Waals surface area (Å²) >= 11 is 11.9. The number of halogens is 2. The number of benzene rings is 2. The van der Waals surface area contributed by atoms with E-state index in [0.717, 1.165) is 12.1 Å². The number of anilines is 2. The van der Waals surface area contributed by atoms with Crippen LogP contribution in [0.2, 0.25) is 10.0 Å². The molecule has 0 radical (unpaired) electrons. The highest BCUT2D eigenvalue weighted by Crippen LogP contribution is 2.29. The van der Waals surface area contributed by atoms with Gasteiger partial charge in [0.15, 0.2) is 0 Å². The maximum absolute atomic E-state index is 12.5. The second-order valence-electron chi connectivity index (χ2n) is 6.92. The number of carbonyl (C=O) groups excluding carboxylic acids is 2. The molecule has 1 aliphatic rings. The van der Waals surface area contributed by atoms with Crippen LogP contribution >= 0.6 is 23.2 Å². The van der Waals surface area contributed by atoms with E-state index < -0.39 is 5.92 Å². The van der Waals surface area contributed by atoms with Gasteiger partial charge in [0.25, 0.3) is 0 Å². The van der Waals surface area contributed by atoms with E-state index in [0.29, 0.717) is 28.2 Å². The molecule has 1 aliphatic heterocycles. The van der Waals surface area contributed by atoms with Crippen molar-refractivity contribution in [1.29, 1.82) is 0 Å². The normalized spacial score (nSPS) is 17.9. The zero-order chi connectivity index (χ0) is 19.6. The van der Waals surface area contributed by atoms with Gasteiger partial charge < -0.3 is 10.2 Å². The Morgan fingerprint density at radius 3 is 2.52 bits per heavy atom. The highest BCUT2D eigenvalue weighted by atomic mass is 35.5. The largest absolute Gasteiger partial charge is 0.326 e. The van der Waals surface area contributed by atoms with E-state index in [1.807, 2.05) is 12.1 Å². The van der Waals surface area contributed by atoms with Gasteiger partial charge in [0.05, 0.1) is 16.0 Å². The summed E-state index contributed by atoms with van der Waals surface area (Å²) in [6, 6.07) is 12.9. The molecule has 0 bridgehead atoms. The van der Waals surface area contributed by atoms with E-state index in [2.05, 4.69) is 31.3 Å². The monoisotopic (exact) mass is 404 g/mol. The summed E-state index contributed by atoms with van der Waals surface area (Å²) in [6.07, 6.45) is 1.26. The Morgan fingerprint density at radius 1 is 1.19 bits per heavy atom. The lowest BCUT2D eigenvalue weighted by Crippen LogP contribution is -2.28. The smallest absolute Gasteiger partial charge is 0.229 e. The maximum atomic E-state index is 12.5. The summed E-state index contributed by atoms with van der Waals surface area (Å²) in [5, 5.41) is 3.62. The van der Waals surface area contributed by atoms with Crippen molar-refractivity contribution >= 4 is 46.4 Å². The first-order chi connectivity index (χ1) is 12.9. The van der Waals surface area contributed by atoms with Crippen molar-refractivity contribution in [3.8, 4) is 0 Å². The van der Waals surface area contributed by atoms with Gasteiger partial charge in [-0.25, -0.2) is 0 Å². The first-order valence-corrected chi connectivity index (χ1v) is 9.81. The van der Waals surface area contributed by atoms with Crippen molar-refractivity contribution in [2.24, 2.45) is 5.92 Å². The lowest BCUT2D eigenvalue weighted by atomic mass is 9.98. The third-order valence-corrected chi connectivity index (χ3v) is 5.81. The summed E-state index contributed by atoms with van der Waals surface area (Å²) < 4.78 is 0. The highest BCUT2D eigenvalue weighted by Gasteiger charge is 2.35. The molecule has 1 fully saturated rings. The average Bonchev–Trinajstić information content (AvgIpc) is 3.06. The molecule has 27 heavy (non-hydrogen) atoms. The average molecular weight is 405 g/mol. The van der Waals surface area contributed by atoms with Crippen LogP contribution in [-0.4, -0.2) is 18.4 Å². The number of rotatable bonds is 5. The summed E-state index contributed by atoms with van der Waals surface area (Å²) in [7, 11) is 0. The SMILES string of the molecule is CCC(C)c1ccc(N2CC(C(=O)Nc3ccc(Cl)c(Cl)c3)CC2=O)cc1. The molecule has 6 heteroatoms. The Bertz CT molecular complexity index is 852. The molecule has 2 aromatic carbocycles. The Balaban J connectivity index is 1.67. The Morgan fingerprint density at radius 2 is 1.89 bits per heavy atom. The summed E-state index contributed by atoms with van der Waals surface area (Å²) in [5.74, 6) is -0.153. The third kappa shape index (κ3) is 4.45. The number of hydrogen-bond acceptors (Lipinski definition) is 2. The van der Waals surface area contributed by atoms with Crippen molar-refractivity contribution < 1.29 is 9.59 Å². The van der Waals surface area contributed by atoms with Crippen LogP contribution in [-0.2, 0) is 9.59 Å². The molecule has 1 N–H and O–H groups in total. The van der Waals surface area contributed by atoms with Gasteiger partial charge in [-0.05, 0) is 48.2 Å². The molecule has 142 valence electrons. The quantitative estimate of drug-likeness (QED) is 0.714. The maximum Gasteiger partial charge on any atom is 0.229 e. The molecule has 0 spiro atoms. The Kier molecular flexibility index (Phi) is 6.08. The second-order valence-corrected chi connectivity index (χ2v) is 7.74. The van der Waals surface area contributed by atoms with Crippen molar-refractivity contribution in [2.75, 3.05) is 16.8 Å². The first kappa shape index (κ1) is 19.7. The third-order valence-electron chi connectivity index (χ3n) is 5.07. The topological polar surface area (TPSA) is 49.4 Å². The van der Waals surface area contributed by atoms with Crippen LogP contribution in [0.4, 0.5) is 11.4 Å². The van der Waals surface area contributed by atoms with Crippen LogP contribution in [0.25, 0.3) is 0 Å². The molecule has 2 amide bonds. The van der Waals surface area contributed by atoms with Crippen molar-refractivity contribution in [2.45, 2.75) is 32.6 Å². The number of carbonyl (C=O) groups is 2. The Hall–Kier alpha value is -2.04. The van der Waals surface area contributed by atoms with Gasteiger partial charge >= 0.3 is 0 Å². The van der Waals surface area contributed by atoms with Crippen LogP contribution in [0.3, 0.4) is 0 Å². The van der Waals surface area contributed by atoms with E-state index in [1.165, 1.54) is 5.56 Å². The lowest BCUT2D eigenvalue weighted by Gasteiger charge is -2.18. The minimum atomic E-state index is -0.402. The molecular weight excluding hydrogens is 383 g/mol. The molecular formula is C21H22Cl2N2O2. The zero-order valence-corrected chi connectivity index (χ0v) is 16.8. The molecule has 2 atom stereocenters. The predicted molar refractivity (Wildman–Crippen MR) is 111 cm³/mol. The lowest BCUT2D eigenvalue weighted by molar-refractivity contribution is -0.122. The summed E-state index contributed by atoms with van der Waals surface area (Å²) in [5.41, 5.74) is 2.65. The molecule has 3 rings (SSSR count). The van der Waals surface area contributed by atoms with Crippen molar-refractivity contribution in [3.05, 3.63) is 58.1 Å². The van der Waals surface area contributed by atoms with Crippen molar-refractivity contribution in [3.63, 3.8) is 0 Å². The van der Waals surface area contributed by atoms with E-state index in [1.54, 1.807) is 23.1 Å². The fraction of sp³-hybridized carbons (Fsp3) is 0.333.